The molecule has 0 aromatic heterocycles. The molecule has 0 radical (unpaired) electrons. The Morgan fingerprint density at radius 2 is 1.92 bits per heavy atom. The lowest BCUT2D eigenvalue weighted by Gasteiger charge is -2.03. The molecule has 0 saturated heterocycles. The summed E-state index contributed by atoms with van der Waals surface area (Å²) >= 11 is 0. The van der Waals surface area contributed by atoms with Crippen molar-refractivity contribution in [2.45, 2.75) is 0 Å². The monoisotopic (exact) mass is 164 g/mol. The Labute approximate surface area is 71.9 Å². The van der Waals surface area contributed by atoms with Crippen LogP contribution in [0.2, 0.25) is 0 Å². The van der Waals surface area contributed by atoms with Gasteiger partial charge in [0.2, 0.25) is 5.90 Å². The van der Waals surface area contributed by atoms with Crippen LogP contribution in [-0.4, -0.2) is 20.1 Å². The molecule has 12 heavy (non-hydrogen) atoms. The van der Waals surface area contributed by atoms with E-state index in [1.54, 1.807) is 14.2 Å². The molecule has 1 aromatic rings. The molecule has 1 aromatic carbocycles. The van der Waals surface area contributed by atoms with Crippen LogP contribution in [0.3, 0.4) is 0 Å². The van der Waals surface area contributed by atoms with E-state index in [-0.39, 0.29) is 0 Å². The number of rotatable bonds is 1. The lowest BCUT2D eigenvalue weighted by atomic mass is 10.2. The van der Waals surface area contributed by atoms with Gasteiger partial charge in [-0.15, -0.1) is 0 Å². The third-order valence-electron chi connectivity index (χ3n) is 1.55. The second-order valence-corrected chi connectivity index (χ2v) is 2.35. The van der Waals surface area contributed by atoms with Gasteiger partial charge < -0.3 is 10.5 Å². The number of methoxy groups -OCH3 is 1. The fraction of sp³-hybridized carbons (Fsp3) is 0.222. The fourth-order valence-electron chi connectivity index (χ4n) is 0.964. The van der Waals surface area contributed by atoms with Crippen LogP contribution in [0.1, 0.15) is 5.56 Å². The molecular weight excluding hydrogens is 152 g/mol. The van der Waals surface area contributed by atoms with Gasteiger partial charge in [0.15, 0.2) is 0 Å². The third-order valence-corrected chi connectivity index (χ3v) is 1.55. The Kier molecular flexibility index (Phi) is 2.69. The van der Waals surface area contributed by atoms with Gasteiger partial charge in [-0.1, -0.05) is 0 Å². The molecule has 0 aliphatic heterocycles. The van der Waals surface area contributed by atoms with E-state index in [0.29, 0.717) is 5.90 Å². The molecule has 3 heteroatoms. The second-order valence-electron chi connectivity index (χ2n) is 2.35. The van der Waals surface area contributed by atoms with Gasteiger partial charge in [0, 0.05) is 18.3 Å². The largest absolute Gasteiger partial charge is 0.481 e. The fourth-order valence-corrected chi connectivity index (χ4v) is 0.964. The zero-order valence-electron chi connectivity index (χ0n) is 7.24. The first-order valence-electron chi connectivity index (χ1n) is 3.64. The summed E-state index contributed by atoms with van der Waals surface area (Å²) < 4.78 is 5.03. The van der Waals surface area contributed by atoms with Crippen molar-refractivity contribution < 1.29 is 4.74 Å². The summed E-state index contributed by atoms with van der Waals surface area (Å²) in [5, 5.41) is 0. The predicted octanol–water partition coefficient (Wildman–Crippen LogP) is 1.29. The first kappa shape index (κ1) is 8.59. The summed E-state index contributed by atoms with van der Waals surface area (Å²) in [6.07, 6.45) is 0. The van der Waals surface area contributed by atoms with E-state index in [1.165, 1.54) is 0 Å². The zero-order chi connectivity index (χ0) is 8.97. The standard InChI is InChI=1S/C9H12N2O/c1-11-9(12-2)7-3-5-8(10)6-4-7/h3-6H,10H2,1-2H3. The SMILES string of the molecule is CN=C(OC)c1ccc(N)cc1. The number of ether oxygens (including phenoxy) is 1. The Hall–Kier alpha value is -1.51. The van der Waals surface area contributed by atoms with E-state index >= 15 is 0 Å². The Bertz CT molecular complexity index is 277. The Balaban J connectivity index is 2.96. The van der Waals surface area contributed by atoms with Gasteiger partial charge in [-0.2, -0.15) is 0 Å². The molecule has 0 atom stereocenters. The highest BCUT2D eigenvalue weighted by Gasteiger charge is 1.99. The molecule has 0 spiro atoms. The summed E-state index contributed by atoms with van der Waals surface area (Å²) in [7, 11) is 3.29. The van der Waals surface area contributed by atoms with Crippen LogP contribution in [0, 0.1) is 0 Å². The van der Waals surface area contributed by atoms with Gasteiger partial charge in [0.1, 0.15) is 0 Å². The van der Waals surface area contributed by atoms with Gasteiger partial charge in [-0.25, -0.2) is 0 Å². The van der Waals surface area contributed by atoms with Crippen LogP contribution in [-0.2, 0) is 4.74 Å². The molecule has 64 valence electrons. The lowest BCUT2D eigenvalue weighted by molar-refractivity contribution is 0.404. The number of nitrogens with two attached hydrogens (primary N) is 1. The number of aliphatic imine (C=N–C) groups is 1. The van der Waals surface area contributed by atoms with Crippen molar-refractivity contribution in [2.24, 2.45) is 4.99 Å². The number of anilines is 1. The summed E-state index contributed by atoms with van der Waals surface area (Å²) in [4.78, 5) is 3.96. The van der Waals surface area contributed by atoms with Crippen molar-refractivity contribution in [3.63, 3.8) is 0 Å². The molecule has 0 aliphatic carbocycles. The van der Waals surface area contributed by atoms with E-state index in [9.17, 15) is 0 Å². The highest BCUT2D eigenvalue weighted by molar-refractivity contribution is 5.94. The zero-order valence-corrected chi connectivity index (χ0v) is 7.24. The highest BCUT2D eigenvalue weighted by atomic mass is 16.5. The molecule has 2 N–H and O–H groups in total. The van der Waals surface area contributed by atoms with E-state index in [0.717, 1.165) is 11.3 Å². The Morgan fingerprint density at radius 3 is 2.33 bits per heavy atom. The molecule has 0 heterocycles. The topological polar surface area (TPSA) is 47.6 Å². The summed E-state index contributed by atoms with van der Waals surface area (Å²) in [6, 6.07) is 7.39. The van der Waals surface area contributed by atoms with Crippen LogP contribution < -0.4 is 5.73 Å². The number of benzene rings is 1. The second kappa shape index (κ2) is 3.76. The smallest absolute Gasteiger partial charge is 0.215 e. The van der Waals surface area contributed by atoms with Crippen LogP contribution >= 0.6 is 0 Å². The maximum absolute atomic E-state index is 5.53. The molecule has 0 unspecified atom stereocenters. The minimum absolute atomic E-state index is 0.620. The number of hydrogen-bond donors (Lipinski definition) is 1. The molecule has 0 amide bonds. The predicted molar refractivity (Wildman–Crippen MR) is 50.3 cm³/mol. The summed E-state index contributed by atoms with van der Waals surface area (Å²) in [6.45, 7) is 0. The van der Waals surface area contributed by atoms with Crippen molar-refractivity contribution in [2.75, 3.05) is 19.9 Å². The van der Waals surface area contributed by atoms with Gasteiger partial charge in [-0.05, 0) is 24.3 Å². The highest BCUT2D eigenvalue weighted by Crippen LogP contribution is 2.06. The number of hydrogen-bond acceptors (Lipinski definition) is 3. The molecule has 3 nitrogen and oxygen atoms in total. The van der Waals surface area contributed by atoms with E-state index < -0.39 is 0 Å². The van der Waals surface area contributed by atoms with Gasteiger partial charge >= 0.3 is 0 Å². The van der Waals surface area contributed by atoms with E-state index in [1.807, 2.05) is 24.3 Å². The van der Waals surface area contributed by atoms with Gasteiger partial charge in [0.05, 0.1) is 7.11 Å². The third kappa shape index (κ3) is 1.75. The minimum atomic E-state index is 0.620. The first-order chi connectivity index (χ1) is 5.77. The van der Waals surface area contributed by atoms with Crippen molar-refractivity contribution in [3.8, 4) is 0 Å². The summed E-state index contributed by atoms with van der Waals surface area (Å²) in [5.41, 5.74) is 7.21. The quantitative estimate of drug-likeness (QED) is 0.386. The number of nitrogen functional groups attached to an aromatic ring is 1. The molecule has 0 bridgehead atoms. The Morgan fingerprint density at radius 1 is 1.33 bits per heavy atom. The summed E-state index contributed by atoms with van der Waals surface area (Å²) in [5.74, 6) is 0.620. The van der Waals surface area contributed by atoms with Crippen molar-refractivity contribution in [3.05, 3.63) is 29.8 Å². The van der Waals surface area contributed by atoms with Crippen molar-refractivity contribution >= 4 is 11.6 Å². The van der Waals surface area contributed by atoms with Crippen LogP contribution in [0.5, 0.6) is 0 Å². The average molecular weight is 164 g/mol. The molecule has 0 aliphatic rings. The van der Waals surface area contributed by atoms with Crippen LogP contribution in [0.15, 0.2) is 29.3 Å². The van der Waals surface area contributed by atoms with Crippen molar-refractivity contribution in [1.82, 2.24) is 0 Å². The van der Waals surface area contributed by atoms with E-state index in [4.69, 9.17) is 10.5 Å². The van der Waals surface area contributed by atoms with Crippen LogP contribution in [0.25, 0.3) is 0 Å². The minimum Gasteiger partial charge on any atom is -0.481 e. The number of nitrogens with zero attached hydrogens (tertiary/aromatic N) is 1. The maximum atomic E-state index is 5.53. The molecule has 1 rings (SSSR count). The van der Waals surface area contributed by atoms with Gasteiger partial charge in [0.25, 0.3) is 0 Å². The maximum Gasteiger partial charge on any atom is 0.215 e. The normalized spacial score (nSPS) is 11.3. The molecule has 0 saturated carbocycles. The van der Waals surface area contributed by atoms with Gasteiger partial charge in [-0.3, -0.25) is 4.99 Å². The lowest BCUT2D eigenvalue weighted by Crippen LogP contribution is -2.02. The van der Waals surface area contributed by atoms with Crippen LogP contribution in [0.4, 0.5) is 5.69 Å². The molecular formula is C9H12N2O. The first-order valence-corrected chi connectivity index (χ1v) is 3.64. The molecule has 0 fully saturated rings. The van der Waals surface area contributed by atoms with Crippen molar-refractivity contribution in [1.29, 1.82) is 0 Å². The average Bonchev–Trinajstić information content (AvgIpc) is 2.10. The van der Waals surface area contributed by atoms with E-state index in [2.05, 4.69) is 4.99 Å².